The van der Waals surface area contributed by atoms with Crippen LogP contribution in [0.1, 0.15) is 10.5 Å². The van der Waals surface area contributed by atoms with E-state index in [0.717, 1.165) is 0 Å². The summed E-state index contributed by atoms with van der Waals surface area (Å²) in [4.78, 5) is 20.1. The molecule has 0 atom stereocenters. The van der Waals surface area contributed by atoms with Gasteiger partial charge < -0.3 is 20.5 Å². The molecular weight excluding hydrogens is 340 g/mol. The number of anilines is 2. The van der Waals surface area contributed by atoms with Gasteiger partial charge in [0.1, 0.15) is 16.1 Å². The molecule has 0 spiro atoms. The normalized spacial score (nSPS) is 10.0. The number of rotatable bonds is 4. The molecular formula is C13H13BrN4O3. The van der Waals surface area contributed by atoms with Gasteiger partial charge in [-0.2, -0.15) is 0 Å². The Morgan fingerprint density at radius 3 is 2.43 bits per heavy atom. The molecule has 0 radical (unpaired) electrons. The van der Waals surface area contributed by atoms with Crippen LogP contribution in [0.4, 0.5) is 11.5 Å². The molecule has 0 bridgehead atoms. The van der Waals surface area contributed by atoms with Crippen LogP contribution in [0.15, 0.2) is 29.0 Å². The predicted molar refractivity (Wildman–Crippen MR) is 81.6 cm³/mol. The Bertz CT molecular complexity index is 656. The van der Waals surface area contributed by atoms with Gasteiger partial charge in [-0.1, -0.05) is 0 Å². The first-order chi connectivity index (χ1) is 10.0. The molecule has 0 unspecified atom stereocenters. The van der Waals surface area contributed by atoms with Crippen molar-refractivity contribution in [2.45, 2.75) is 0 Å². The van der Waals surface area contributed by atoms with Crippen molar-refractivity contribution >= 4 is 33.3 Å². The maximum absolute atomic E-state index is 12.2. The van der Waals surface area contributed by atoms with Gasteiger partial charge in [0.25, 0.3) is 5.91 Å². The van der Waals surface area contributed by atoms with Crippen molar-refractivity contribution < 1.29 is 14.3 Å². The molecule has 0 saturated carbocycles. The van der Waals surface area contributed by atoms with E-state index in [9.17, 15) is 4.79 Å². The van der Waals surface area contributed by atoms with Crippen molar-refractivity contribution in [3.63, 3.8) is 0 Å². The van der Waals surface area contributed by atoms with E-state index in [4.69, 9.17) is 15.2 Å². The molecule has 0 saturated heterocycles. The van der Waals surface area contributed by atoms with Crippen molar-refractivity contribution in [1.82, 2.24) is 9.97 Å². The van der Waals surface area contributed by atoms with Crippen LogP contribution in [-0.4, -0.2) is 30.1 Å². The zero-order chi connectivity index (χ0) is 15.4. The lowest BCUT2D eigenvalue weighted by Gasteiger charge is -2.10. The Morgan fingerprint density at radius 2 is 1.86 bits per heavy atom. The van der Waals surface area contributed by atoms with Gasteiger partial charge in [0.05, 0.1) is 20.4 Å². The first-order valence-electron chi connectivity index (χ1n) is 5.86. The number of nitrogens with zero attached hydrogens (tertiary/aromatic N) is 2. The van der Waals surface area contributed by atoms with Crippen molar-refractivity contribution in [3.8, 4) is 11.5 Å². The third-order valence-electron chi connectivity index (χ3n) is 2.60. The number of amides is 1. The molecule has 0 aliphatic heterocycles. The van der Waals surface area contributed by atoms with Crippen LogP contribution in [0.2, 0.25) is 0 Å². The highest BCUT2D eigenvalue weighted by Crippen LogP contribution is 2.26. The molecule has 3 N–H and O–H groups in total. The highest BCUT2D eigenvalue weighted by molar-refractivity contribution is 9.10. The number of carbonyl (C=O) groups excluding carboxylic acids is 1. The number of aromatic nitrogens is 2. The van der Waals surface area contributed by atoms with E-state index < -0.39 is 5.91 Å². The molecule has 0 aliphatic carbocycles. The fourth-order valence-electron chi connectivity index (χ4n) is 1.61. The lowest BCUT2D eigenvalue weighted by molar-refractivity contribution is 0.102. The average Bonchev–Trinajstić information content (AvgIpc) is 2.49. The second-order valence-electron chi connectivity index (χ2n) is 3.98. The van der Waals surface area contributed by atoms with Gasteiger partial charge in [-0.15, -0.1) is 0 Å². The van der Waals surface area contributed by atoms with Crippen LogP contribution >= 0.6 is 15.9 Å². The lowest BCUT2D eigenvalue weighted by Crippen LogP contribution is -2.17. The summed E-state index contributed by atoms with van der Waals surface area (Å²) in [5.41, 5.74) is 6.18. The highest BCUT2D eigenvalue weighted by Gasteiger charge is 2.14. The summed E-state index contributed by atoms with van der Waals surface area (Å²) in [5, 5.41) is 2.67. The number of halogens is 1. The molecule has 1 aromatic heterocycles. The Labute approximate surface area is 129 Å². The second-order valence-corrected chi connectivity index (χ2v) is 4.79. The number of benzene rings is 1. The van der Waals surface area contributed by atoms with Gasteiger partial charge in [-0.25, -0.2) is 9.97 Å². The van der Waals surface area contributed by atoms with Crippen LogP contribution in [0.5, 0.6) is 11.5 Å². The molecule has 1 heterocycles. The molecule has 2 rings (SSSR count). The van der Waals surface area contributed by atoms with E-state index in [1.807, 2.05) is 0 Å². The zero-order valence-corrected chi connectivity index (χ0v) is 13.0. The summed E-state index contributed by atoms with van der Waals surface area (Å²) in [6, 6.07) is 5.01. The van der Waals surface area contributed by atoms with Gasteiger partial charge in [0.15, 0.2) is 11.5 Å². The van der Waals surface area contributed by atoms with Crippen LogP contribution < -0.4 is 20.5 Å². The van der Waals surface area contributed by atoms with Crippen molar-refractivity contribution in [2.75, 3.05) is 25.3 Å². The van der Waals surface area contributed by atoms with E-state index >= 15 is 0 Å². The van der Waals surface area contributed by atoms with Crippen LogP contribution in [0, 0.1) is 0 Å². The Morgan fingerprint density at radius 1 is 1.24 bits per heavy atom. The molecule has 8 heteroatoms. The second kappa shape index (κ2) is 6.40. The van der Waals surface area contributed by atoms with Crippen molar-refractivity contribution in [2.24, 2.45) is 0 Å². The zero-order valence-electron chi connectivity index (χ0n) is 11.4. The van der Waals surface area contributed by atoms with E-state index in [-0.39, 0.29) is 11.5 Å². The first kappa shape index (κ1) is 15.0. The summed E-state index contributed by atoms with van der Waals surface area (Å²) in [7, 11) is 3.05. The Balaban J connectivity index is 2.28. The average molecular weight is 353 g/mol. The summed E-state index contributed by atoms with van der Waals surface area (Å²) >= 11 is 3.15. The Hall–Kier alpha value is -2.35. The highest BCUT2D eigenvalue weighted by atomic mass is 79.9. The van der Waals surface area contributed by atoms with E-state index in [1.54, 1.807) is 18.2 Å². The summed E-state index contributed by atoms with van der Waals surface area (Å²) in [5.74, 6) is 0.679. The Kier molecular flexibility index (Phi) is 4.59. The molecule has 2 aromatic rings. The fourth-order valence-corrected chi connectivity index (χ4v) is 1.89. The molecule has 7 nitrogen and oxygen atoms in total. The number of nitrogens with two attached hydrogens (primary N) is 1. The fraction of sp³-hybridized carbons (Fsp3) is 0.154. The van der Waals surface area contributed by atoms with Crippen LogP contribution in [-0.2, 0) is 0 Å². The minimum absolute atomic E-state index is 0.0335. The van der Waals surface area contributed by atoms with Gasteiger partial charge in [0.2, 0.25) is 0 Å². The molecule has 110 valence electrons. The smallest absolute Gasteiger partial charge is 0.278 e. The number of ether oxygens (including phenoxy) is 2. The monoisotopic (exact) mass is 352 g/mol. The van der Waals surface area contributed by atoms with Gasteiger partial charge in [-0.3, -0.25) is 4.79 Å². The summed E-state index contributed by atoms with van der Waals surface area (Å²) in [6.07, 6.45) is 1.42. The maximum atomic E-state index is 12.2. The van der Waals surface area contributed by atoms with Gasteiger partial charge >= 0.3 is 0 Å². The number of methoxy groups -OCH3 is 2. The molecule has 0 fully saturated rings. The van der Waals surface area contributed by atoms with Gasteiger partial charge in [-0.05, 0) is 15.9 Å². The minimum atomic E-state index is -0.475. The maximum Gasteiger partial charge on any atom is 0.278 e. The molecule has 21 heavy (non-hydrogen) atoms. The van der Waals surface area contributed by atoms with E-state index in [2.05, 4.69) is 31.2 Å². The first-order valence-corrected chi connectivity index (χ1v) is 6.65. The molecule has 0 aliphatic rings. The number of nitrogen functional groups attached to an aromatic ring is 1. The molecule has 1 aromatic carbocycles. The summed E-state index contributed by atoms with van der Waals surface area (Å²) in [6.45, 7) is 0. The van der Waals surface area contributed by atoms with Crippen LogP contribution in [0.3, 0.4) is 0 Å². The quantitative estimate of drug-likeness (QED) is 0.873. The summed E-state index contributed by atoms with van der Waals surface area (Å²) < 4.78 is 10.7. The minimum Gasteiger partial charge on any atom is -0.497 e. The van der Waals surface area contributed by atoms with Gasteiger partial charge in [0, 0.05) is 23.9 Å². The number of carbonyl (C=O) groups is 1. The van der Waals surface area contributed by atoms with Crippen LogP contribution in [0.25, 0.3) is 0 Å². The van der Waals surface area contributed by atoms with Crippen molar-refractivity contribution in [1.29, 1.82) is 0 Å². The third kappa shape index (κ3) is 3.60. The van der Waals surface area contributed by atoms with E-state index in [0.29, 0.717) is 21.8 Å². The lowest BCUT2D eigenvalue weighted by atomic mass is 10.2. The largest absolute Gasteiger partial charge is 0.497 e. The standard InChI is InChI=1S/C13H13BrN4O3/c1-20-8-3-7(4-9(5-8)21-2)17-13(19)11-12(15)16-6-10(14)18-11/h3-6H,1-2H3,(H2,15,16)(H,17,19). The number of nitrogens with one attached hydrogen (secondary N) is 1. The van der Waals surface area contributed by atoms with E-state index in [1.165, 1.54) is 20.4 Å². The predicted octanol–water partition coefficient (Wildman–Crippen LogP) is 2.09. The van der Waals surface area contributed by atoms with Crippen molar-refractivity contribution in [3.05, 3.63) is 34.7 Å². The number of hydrogen-bond acceptors (Lipinski definition) is 6. The topological polar surface area (TPSA) is 99.4 Å². The molecule has 1 amide bonds. The SMILES string of the molecule is COc1cc(NC(=O)c2nc(Br)cnc2N)cc(OC)c1. The third-order valence-corrected chi connectivity index (χ3v) is 2.98. The number of hydrogen-bond donors (Lipinski definition) is 2.